The first kappa shape index (κ1) is 14.4. The Morgan fingerprint density at radius 3 is 3.05 bits per heavy atom. The number of amides is 1. The third-order valence-electron chi connectivity index (χ3n) is 3.49. The number of carbonyl (C=O) groups excluding carboxylic acids is 1. The molecule has 0 saturated carbocycles. The molecule has 0 radical (unpaired) electrons. The lowest BCUT2D eigenvalue weighted by Gasteiger charge is -2.29. The van der Waals surface area contributed by atoms with Gasteiger partial charge in [-0.05, 0) is 30.9 Å². The van der Waals surface area contributed by atoms with Crippen molar-refractivity contribution < 1.29 is 4.79 Å². The first-order valence-electron chi connectivity index (χ1n) is 6.94. The van der Waals surface area contributed by atoms with Gasteiger partial charge in [-0.25, -0.2) is 0 Å². The van der Waals surface area contributed by atoms with Gasteiger partial charge in [0.05, 0.1) is 5.75 Å². The Morgan fingerprint density at radius 2 is 2.26 bits per heavy atom. The van der Waals surface area contributed by atoms with Crippen molar-refractivity contribution in [1.29, 1.82) is 0 Å². The molecule has 1 unspecified atom stereocenters. The molecule has 4 heteroatoms. The van der Waals surface area contributed by atoms with Gasteiger partial charge >= 0.3 is 0 Å². The fraction of sp³-hybridized carbons (Fsp3) is 0.533. The number of rotatable bonds is 5. The maximum Gasteiger partial charge on any atom is 0.236 e. The van der Waals surface area contributed by atoms with Gasteiger partial charge in [-0.3, -0.25) is 4.79 Å². The van der Waals surface area contributed by atoms with E-state index in [0.717, 1.165) is 37.2 Å². The molecule has 0 aliphatic carbocycles. The molecule has 104 valence electrons. The summed E-state index contributed by atoms with van der Waals surface area (Å²) in [7, 11) is 0. The molecule has 3 nitrogen and oxygen atoms in total. The normalized spacial score (nSPS) is 16.0. The second kappa shape index (κ2) is 6.96. The molecule has 1 aliphatic heterocycles. The molecule has 0 spiro atoms. The van der Waals surface area contributed by atoms with Crippen LogP contribution >= 0.6 is 11.8 Å². The van der Waals surface area contributed by atoms with E-state index in [4.69, 9.17) is 5.73 Å². The molecule has 1 amide bonds. The Kier molecular flexibility index (Phi) is 5.28. The van der Waals surface area contributed by atoms with Crippen LogP contribution in [-0.2, 0) is 11.2 Å². The number of hydrogen-bond donors (Lipinski definition) is 1. The summed E-state index contributed by atoms with van der Waals surface area (Å²) in [6, 6.07) is 8.42. The van der Waals surface area contributed by atoms with Gasteiger partial charge in [-0.1, -0.05) is 25.1 Å². The van der Waals surface area contributed by atoms with Crippen molar-refractivity contribution in [2.75, 3.05) is 23.0 Å². The molecule has 2 rings (SSSR count). The highest BCUT2D eigenvalue weighted by molar-refractivity contribution is 8.00. The molecule has 0 saturated heterocycles. The average molecular weight is 278 g/mol. The number of aryl methyl sites for hydroxylation is 1. The topological polar surface area (TPSA) is 46.3 Å². The third-order valence-corrected chi connectivity index (χ3v) is 4.61. The highest BCUT2D eigenvalue weighted by Crippen LogP contribution is 2.27. The van der Waals surface area contributed by atoms with Crippen LogP contribution < -0.4 is 10.6 Å². The number of para-hydroxylation sites is 1. The van der Waals surface area contributed by atoms with Crippen LogP contribution in [0.4, 0.5) is 5.69 Å². The largest absolute Gasteiger partial charge is 0.327 e. The maximum atomic E-state index is 12.3. The van der Waals surface area contributed by atoms with Crippen molar-refractivity contribution in [1.82, 2.24) is 0 Å². The van der Waals surface area contributed by atoms with Crippen LogP contribution in [0.3, 0.4) is 0 Å². The lowest BCUT2D eigenvalue weighted by molar-refractivity contribution is -0.116. The molecular formula is C15H22N2OS. The van der Waals surface area contributed by atoms with Gasteiger partial charge < -0.3 is 10.6 Å². The molecule has 1 atom stereocenters. The van der Waals surface area contributed by atoms with Crippen LogP contribution in [0.25, 0.3) is 0 Å². The van der Waals surface area contributed by atoms with Crippen molar-refractivity contribution in [2.24, 2.45) is 5.73 Å². The number of nitrogens with zero attached hydrogens (tertiary/aromatic N) is 1. The monoisotopic (exact) mass is 278 g/mol. The summed E-state index contributed by atoms with van der Waals surface area (Å²) in [5.41, 5.74) is 8.25. The summed E-state index contributed by atoms with van der Waals surface area (Å²) in [5.74, 6) is 1.60. The summed E-state index contributed by atoms with van der Waals surface area (Å²) in [6.07, 6.45) is 3.10. The van der Waals surface area contributed by atoms with Gasteiger partial charge in [0.15, 0.2) is 0 Å². The zero-order chi connectivity index (χ0) is 13.7. The highest BCUT2D eigenvalue weighted by Gasteiger charge is 2.21. The van der Waals surface area contributed by atoms with Crippen molar-refractivity contribution in [2.45, 2.75) is 32.2 Å². The lowest BCUT2D eigenvalue weighted by Crippen LogP contribution is -2.37. The van der Waals surface area contributed by atoms with Gasteiger partial charge in [-0.2, -0.15) is 11.8 Å². The van der Waals surface area contributed by atoms with Crippen LogP contribution in [0.2, 0.25) is 0 Å². The zero-order valence-corrected chi connectivity index (χ0v) is 12.3. The first-order chi connectivity index (χ1) is 9.22. The third kappa shape index (κ3) is 3.74. The van der Waals surface area contributed by atoms with Gasteiger partial charge in [-0.15, -0.1) is 0 Å². The molecule has 1 aromatic rings. The highest BCUT2D eigenvalue weighted by atomic mass is 32.2. The Hall–Kier alpha value is -1.00. The minimum atomic E-state index is 0.200. The van der Waals surface area contributed by atoms with Crippen LogP contribution in [0.15, 0.2) is 24.3 Å². The number of carbonyl (C=O) groups is 1. The van der Waals surface area contributed by atoms with Gasteiger partial charge in [0.25, 0.3) is 0 Å². The Morgan fingerprint density at radius 1 is 1.47 bits per heavy atom. The quantitative estimate of drug-likeness (QED) is 0.900. The van der Waals surface area contributed by atoms with Gasteiger partial charge in [0.1, 0.15) is 0 Å². The van der Waals surface area contributed by atoms with E-state index in [0.29, 0.717) is 5.75 Å². The van der Waals surface area contributed by atoms with E-state index in [9.17, 15) is 4.79 Å². The van der Waals surface area contributed by atoms with Crippen LogP contribution in [0, 0.1) is 0 Å². The van der Waals surface area contributed by atoms with Gasteiger partial charge in [0, 0.05) is 24.0 Å². The minimum Gasteiger partial charge on any atom is -0.327 e. The molecule has 1 heterocycles. The molecule has 0 bridgehead atoms. The van der Waals surface area contributed by atoms with Crippen LogP contribution in [0.5, 0.6) is 0 Å². The smallest absolute Gasteiger partial charge is 0.236 e. The number of benzene rings is 1. The molecule has 1 aliphatic rings. The fourth-order valence-corrected chi connectivity index (χ4v) is 3.27. The summed E-state index contributed by atoms with van der Waals surface area (Å²) in [6.45, 7) is 2.92. The number of fused-ring (bicyclic) bond motifs is 1. The summed E-state index contributed by atoms with van der Waals surface area (Å²) < 4.78 is 0. The predicted molar refractivity (Wildman–Crippen MR) is 82.7 cm³/mol. The maximum absolute atomic E-state index is 12.3. The second-order valence-corrected chi connectivity index (χ2v) is 5.99. The van der Waals surface area contributed by atoms with E-state index in [1.807, 2.05) is 17.0 Å². The van der Waals surface area contributed by atoms with Crippen molar-refractivity contribution >= 4 is 23.4 Å². The van der Waals surface area contributed by atoms with E-state index in [1.165, 1.54) is 5.56 Å². The lowest BCUT2D eigenvalue weighted by atomic mass is 10.0. The fourth-order valence-electron chi connectivity index (χ4n) is 2.29. The van der Waals surface area contributed by atoms with E-state index < -0.39 is 0 Å². The standard InChI is InChI=1S/C15H22N2OS/c1-2-13(16)10-19-11-15(18)17-9-5-7-12-6-3-4-8-14(12)17/h3-4,6,8,13H,2,5,7,9-11,16H2,1H3. The van der Waals surface area contributed by atoms with Crippen molar-refractivity contribution in [3.05, 3.63) is 29.8 Å². The summed E-state index contributed by atoms with van der Waals surface area (Å²) >= 11 is 1.65. The minimum absolute atomic E-state index is 0.200. The van der Waals surface area contributed by atoms with Crippen LogP contribution in [-0.4, -0.2) is 30.0 Å². The summed E-state index contributed by atoms with van der Waals surface area (Å²) in [5, 5.41) is 0. The van der Waals surface area contributed by atoms with E-state index in [-0.39, 0.29) is 11.9 Å². The van der Waals surface area contributed by atoms with Gasteiger partial charge in [0.2, 0.25) is 5.91 Å². The molecule has 0 aromatic heterocycles. The predicted octanol–water partition coefficient (Wildman–Crippen LogP) is 2.44. The SMILES string of the molecule is CCC(N)CSCC(=O)N1CCCc2ccccc21. The zero-order valence-electron chi connectivity index (χ0n) is 11.5. The molecule has 19 heavy (non-hydrogen) atoms. The molecule has 0 fully saturated rings. The number of hydrogen-bond acceptors (Lipinski definition) is 3. The molecular weight excluding hydrogens is 256 g/mol. The average Bonchev–Trinajstić information content (AvgIpc) is 2.46. The number of nitrogens with two attached hydrogens (primary N) is 1. The first-order valence-corrected chi connectivity index (χ1v) is 8.09. The van der Waals surface area contributed by atoms with Crippen molar-refractivity contribution in [3.8, 4) is 0 Å². The summed E-state index contributed by atoms with van der Waals surface area (Å²) in [4.78, 5) is 14.2. The second-order valence-electron chi connectivity index (χ2n) is 4.96. The van der Waals surface area contributed by atoms with Crippen molar-refractivity contribution in [3.63, 3.8) is 0 Å². The van der Waals surface area contributed by atoms with E-state index >= 15 is 0 Å². The van der Waals surface area contributed by atoms with E-state index in [2.05, 4.69) is 19.1 Å². The number of anilines is 1. The van der Waals surface area contributed by atoms with Crippen LogP contribution in [0.1, 0.15) is 25.3 Å². The molecule has 2 N–H and O–H groups in total. The molecule has 1 aromatic carbocycles. The number of thioether (sulfide) groups is 1. The Balaban J connectivity index is 1.93. The Bertz CT molecular complexity index is 436. The van der Waals surface area contributed by atoms with E-state index in [1.54, 1.807) is 11.8 Å². The Labute approximate surface area is 119 Å².